The van der Waals surface area contributed by atoms with Crippen LogP contribution in [0, 0.1) is 6.92 Å². The summed E-state index contributed by atoms with van der Waals surface area (Å²) in [5.41, 5.74) is 0.194. The van der Waals surface area contributed by atoms with E-state index < -0.39 is 5.60 Å². The third kappa shape index (κ3) is 3.00. The molecule has 1 N–H and O–H groups in total. The molecule has 2 aliphatic heterocycles. The molecule has 2 saturated heterocycles. The van der Waals surface area contributed by atoms with E-state index in [1.54, 1.807) is 0 Å². The van der Waals surface area contributed by atoms with Gasteiger partial charge in [0, 0.05) is 19.5 Å². The van der Waals surface area contributed by atoms with Gasteiger partial charge in [0.05, 0.1) is 22.7 Å². The van der Waals surface area contributed by atoms with Gasteiger partial charge in [-0.25, -0.2) is 0 Å². The number of aryl methyl sites for hydroxylation is 1. The average molecular weight is 309 g/mol. The number of aliphatic hydroxyl groups is 1. The van der Waals surface area contributed by atoms with E-state index in [0.717, 1.165) is 23.3 Å². The van der Waals surface area contributed by atoms with Crippen LogP contribution in [-0.4, -0.2) is 46.8 Å². The molecule has 5 heteroatoms. The Balaban J connectivity index is 1.65. The summed E-state index contributed by atoms with van der Waals surface area (Å²) >= 11 is 1.52. The molecule has 1 spiro atoms. The molecule has 1 unspecified atom stereocenters. The molecular weight excluding hydrogens is 286 g/mol. The minimum atomic E-state index is -0.630. The van der Waals surface area contributed by atoms with E-state index in [1.165, 1.54) is 11.3 Å². The van der Waals surface area contributed by atoms with Crippen LogP contribution in [0.2, 0.25) is 0 Å². The van der Waals surface area contributed by atoms with Crippen molar-refractivity contribution in [2.75, 3.05) is 19.7 Å². The Morgan fingerprint density at radius 1 is 1.38 bits per heavy atom. The molecule has 116 valence electrons. The topological polar surface area (TPSA) is 49.8 Å². The molecule has 4 nitrogen and oxygen atoms in total. The fraction of sp³-hybridized carbons (Fsp3) is 0.688. The van der Waals surface area contributed by atoms with E-state index in [4.69, 9.17) is 4.74 Å². The first-order valence-electron chi connectivity index (χ1n) is 7.61. The van der Waals surface area contributed by atoms with Crippen LogP contribution in [0.1, 0.15) is 47.8 Å². The van der Waals surface area contributed by atoms with Crippen molar-refractivity contribution in [3.05, 3.63) is 21.9 Å². The van der Waals surface area contributed by atoms with Gasteiger partial charge < -0.3 is 14.7 Å². The zero-order valence-electron chi connectivity index (χ0n) is 12.7. The van der Waals surface area contributed by atoms with Crippen LogP contribution in [0.25, 0.3) is 0 Å². The SMILES string of the molecule is Cc1ccsc1C(=O)N1CCC2(CC1)CC(C)(O)CCO2. The number of rotatable bonds is 1. The molecule has 21 heavy (non-hydrogen) atoms. The molecular formula is C16H23NO3S. The quantitative estimate of drug-likeness (QED) is 0.867. The largest absolute Gasteiger partial charge is 0.390 e. The maximum atomic E-state index is 12.5. The summed E-state index contributed by atoms with van der Waals surface area (Å²) in [4.78, 5) is 15.3. The van der Waals surface area contributed by atoms with Crippen LogP contribution in [0.3, 0.4) is 0 Å². The minimum absolute atomic E-state index is 0.139. The van der Waals surface area contributed by atoms with Crippen molar-refractivity contribution >= 4 is 17.2 Å². The highest BCUT2D eigenvalue weighted by Crippen LogP contribution is 2.39. The Bertz CT molecular complexity index is 529. The lowest BCUT2D eigenvalue weighted by Gasteiger charge is -2.48. The van der Waals surface area contributed by atoms with E-state index in [9.17, 15) is 9.90 Å². The molecule has 3 heterocycles. The van der Waals surface area contributed by atoms with Gasteiger partial charge in [-0.3, -0.25) is 4.79 Å². The average Bonchev–Trinajstić information content (AvgIpc) is 2.84. The number of amides is 1. The summed E-state index contributed by atoms with van der Waals surface area (Å²) in [7, 11) is 0. The van der Waals surface area contributed by atoms with E-state index in [2.05, 4.69) is 0 Å². The van der Waals surface area contributed by atoms with Crippen molar-refractivity contribution in [1.82, 2.24) is 4.90 Å². The van der Waals surface area contributed by atoms with Gasteiger partial charge in [0.1, 0.15) is 0 Å². The van der Waals surface area contributed by atoms with Crippen molar-refractivity contribution in [3.8, 4) is 0 Å². The van der Waals surface area contributed by atoms with E-state index in [-0.39, 0.29) is 11.5 Å². The second-order valence-corrected chi connectivity index (χ2v) is 7.60. The fourth-order valence-electron chi connectivity index (χ4n) is 3.49. The second kappa shape index (κ2) is 5.38. The van der Waals surface area contributed by atoms with Crippen molar-refractivity contribution in [1.29, 1.82) is 0 Å². The Kier molecular flexibility index (Phi) is 3.84. The Hall–Kier alpha value is -0.910. The maximum absolute atomic E-state index is 12.5. The highest BCUT2D eigenvalue weighted by molar-refractivity contribution is 7.12. The van der Waals surface area contributed by atoms with Crippen molar-refractivity contribution in [3.63, 3.8) is 0 Å². The second-order valence-electron chi connectivity index (χ2n) is 6.68. The monoisotopic (exact) mass is 309 g/mol. The van der Waals surface area contributed by atoms with Gasteiger partial charge in [0.15, 0.2) is 0 Å². The van der Waals surface area contributed by atoms with Crippen LogP contribution in [0.5, 0.6) is 0 Å². The first kappa shape index (κ1) is 15.0. The summed E-state index contributed by atoms with van der Waals surface area (Å²) in [6.45, 7) is 5.92. The number of nitrogens with zero attached hydrogens (tertiary/aromatic N) is 1. The number of hydrogen-bond donors (Lipinski definition) is 1. The molecule has 0 bridgehead atoms. The highest BCUT2D eigenvalue weighted by Gasteiger charge is 2.45. The van der Waals surface area contributed by atoms with Crippen LogP contribution >= 0.6 is 11.3 Å². The van der Waals surface area contributed by atoms with E-state index in [1.807, 2.05) is 30.2 Å². The Morgan fingerprint density at radius 2 is 2.10 bits per heavy atom. The zero-order chi connectivity index (χ0) is 15.1. The lowest BCUT2D eigenvalue weighted by atomic mass is 9.78. The molecule has 2 aliphatic rings. The minimum Gasteiger partial charge on any atom is -0.390 e. The molecule has 2 fully saturated rings. The molecule has 3 rings (SSSR count). The first-order valence-corrected chi connectivity index (χ1v) is 8.49. The Morgan fingerprint density at radius 3 is 2.67 bits per heavy atom. The molecule has 0 saturated carbocycles. The predicted molar refractivity (Wildman–Crippen MR) is 82.7 cm³/mol. The van der Waals surface area contributed by atoms with Crippen LogP contribution < -0.4 is 0 Å². The number of likely N-dealkylation sites (tertiary alicyclic amines) is 1. The smallest absolute Gasteiger partial charge is 0.264 e. The van der Waals surface area contributed by atoms with Crippen LogP contribution in [0.15, 0.2) is 11.4 Å². The van der Waals surface area contributed by atoms with Gasteiger partial charge in [-0.05, 0) is 50.1 Å². The molecule has 1 aromatic rings. The molecule has 1 amide bonds. The fourth-order valence-corrected chi connectivity index (χ4v) is 4.39. The van der Waals surface area contributed by atoms with Crippen molar-refractivity contribution in [2.24, 2.45) is 0 Å². The molecule has 0 radical (unpaired) electrons. The lowest BCUT2D eigenvalue weighted by molar-refractivity contribution is -0.170. The zero-order valence-corrected chi connectivity index (χ0v) is 13.5. The summed E-state index contributed by atoms with van der Waals surface area (Å²) in [6, 6.07) is 1.99. The molecule has 0 aromatic carbocycles. The van der Waals surface area contributed by atoms with Crippen molar-refractivity contribution in [2.45, 2.75) is 50.7 Å². The van der Waals surface area contributed by atoms with E-state index in [0.29, 0.717) is 32.5 Å². The molecule has 1 aromatic heterocycles. The Labute approximate surface area is 129 Å². The van der Waals surface area contributed by atoms with Gasteiger partial charge >= 0.3 is 0 Å². The third-order valence-corrected chi connectivity index (χ3v) is 5.77. The number of piperidine rings is 1. The van der Waals surface area contributed by atoms with Gasteiger partial charge in [-0.2, -0.15) is 0 Å². The standard InChI is InChI=1S/C16H23NO3S/c1-12-3-10-21-13(12)14(18)17-7-4-16(5-8-17)11-15(2,19)6-9-20-16/h3,10,19H,4-9,11H2,1-2H3. The number of carbonyl (C=O) groups is 1. The first-order chi connectivity index (χ1) is 9.91. The van der Waals surface area contributed by atoms with E-state index >= 15 is 0 Å². The predicted octanol–water partition coefficient (Wildman–Crippen LogP) is 2.59. The maximum Gasteiger partial charge on any atom is 0.264 e. The van der Waals surface area contributed by atoms with Gasteiger partial charge in [-0.1, -0.05) is 0 Å². The molecule has 0 aliphatic carbocycles. The van der Waals surface area contributed by atoms with Crippen molar-refractivity contribution < 1.29 is 14.6 Å². The summed E-state index contributed by atoms with van der Waals surface area (Å²) in [5.74, 6) is 0.139. The lowest BCUT2D eigenvalue weighted by Crippen LogP contribution is -2.54. The number of thiophene rings is 1. The van der Waals surface area contributed by atoms with Crippen LogP contribution in [-0.2, 0) is 4.74 Å². The van der Waals surface area contributed by atoms with Crippen LogP contribution in [0.4, 0.5) is 0 Å². The van der Waals surface area contributed by atoms with Gasteiger partial charge in [-0.15, -0.1) is 11.3 Å². The number of ether oxygens (including phenoxy) is 1. The number of hydrogen-bond acceptors (Lipinski definition) is 4. The molecule has 1 atom stereocenters. The highest BCUT2D eigenvalue weighted by atomic mass is 32.1. The van der Waals surface area contributed by atoms with Gasteiger partial charge in [0.25, 0.3) is 5.91 Å². The third-order valence-electron chi connectivity index (χ3n) is 4.77. The number of carbonyl (C=O) groups excluding carboxylic acids is 1. The normalized spacial score (nSPS) is 28.8. The summed E-state index contributed by atoms with van der Waals surface area (Å²) in [6.07, 6.45) is 3.02. The summed E-state index contributed by atoms with van der Waals surface area (Å²) < 4.78 is 5.99. The summed E-state index contributed by atoms with van der Waals surface area (Å²) in [5, 5.41) is 12.3. The van der Waals surface area contributed by atoms with Gasteiger partial charge in [0.2, 0.25) is 0 Å².